The second-order valence-corrected chi connectivity index (χ2v) is 11.0. The molecule has 2 aliphatic rings. The third-order valence-corrected chi connectivity index (χ3v) is 7.97. The van der Waals surface area contributed by atoms with E-state index < -0.39 is 15.9 Å². The lowest BCUT2D eigenvalue weighted by Gasteiger charge is -2.34. The van der Waals surface area contributed by atoms with Crippen LogP contribution in [0.4, 0.5) is 5.69 Å². The van der Waals surface area contributed by atoms with E-state index in [-0.39, 0.29) is 28.7 Å². The highest BCUT2D eigenvalue weighted by Crippen LogP contribution is 2.41. The molecule has 3 unspecified atom stereocenters. The van der Waals surface area contributed by atoms with Crippen molar-refractivity contribution in [1.29, 1.82) is 0 Å². The first-order valence-electron chi connectivity index (χ1n) is 11.3. The maximum Gasteiger partial charge on any atom is 0.258 e. The van der Waals surface area contributed by atoms with Crippen LogP contribution in [-0.4, -0.2) is 50.6 Å². The Hall–Kier alpha value is -2.87. The smallest absolute Gasteiger partial charge is 0.258 e. The van der Waals surface area contributed by atoms with Gasteiger partial charge in [-0.15, -0.1) is 0 Å². The third-order valence-electron chi connectivity index (χ3n) is 6.86. The molecular formula is C25H30N2O5S. The molecule has 0 radical (unpaired) electrons. The highest BCUT2D eigenvalue weighted by molar-refractivity contribution is 7.90. The highest BCUT2D eigenvalue weighted by Gasteiger charge is 2.48. The molecule has 3 atom stereocenters. The molecule has 2 amide bonds. The van der Waals surface area contributed by atoms with Gasteiger partial charge >= 0.3 is 0 Å². The number of methoxy groups -OCH3 is 1. The first-order chi connectivity index (χ1) is 15.7. The Kier molecular flexibility index (Phi) is 6.47. The van der Waals surface area contributed by atoms with Crippen molar-refractivity contribution in [3.63, 3.8) is 0 Å². The molecule has 2 fully saturated rings. The lowest BCUT2D eigenvalue weighted by atomic mass is 9.84. The van der Waals surface area contributed by atoms with Gasteiger partial charge in [0.25, 0.3) is 5.91 Å². The number of nitrogens with zero attached hydrogens (tertiary/aromatic N) is 1. The predicted molar refractivity (Wildman–Crippen MR) is 126 cm³/mol. The molecule has 1 aliphatic heterocycles. The SMILES string of the molecule is COc1ccccc1C(=O)N1C(C(=O)Nc2cc(S(C)(=O)=O)ccc2C)CC2CCCCC21. The van der Waals surface area contributed by atoms with Crippen LogP contribution in [0, 0.1) is 12.8 Å². The zero-order valence-electron chi connectivity index (χ0n) is 19.2. The Morgan fingerprint density at radius 3 is 2.55 bits per heavy atom. The van der Waals surface area contributed by atoms with Crippen LogP contribution >= 0.6 is 0 Å². The summed E-state index contributed by atoms with van der Waals surface area (Å²) in [6.07, 6.45) is 5.73. The molecule has 7 nitrogen and oxygen atoms in total. The van der Waals surface area contributed by atoms with Gasteiger partial charge in [-0.05, 0) is 61.9 Å². The summed E-state index contributed by atoms with van der Waals surface area (Å²) in [5.74, 6) is 0.263. The number of sulfone groups is 1. The van der Waals surface area contributed by atoms with Gasteiger partial charge in [0.05, 0.1) is 17.6 Å². The fourth-order valence-corrected chi connectivity index (χ4v) is 5.78. The topological polar surface area (TPSA) is 92.8 Å². The molecule has 2 aromatic carbocycles. The van der Waals surface area contributed by atoms with Crippen molar-refractivity contribution in [2.75, 3.05) is 18.7 Å². The van der Waals surface area contributed by atoms with Crippen LogP contribution in [0.25, 0.3) is 0 Å². The van der Waals surface area contributed by atoms with Crippen LogP contribution in [0.1, 0.15) is 48.0 Å². The number of carbonyl (C=O) groups excluding carboxylic acids is 2. The first-order valence-corrected chi connectivity index (χ1v) is 13.2. The van der Waals surface area contributed by atoms with E-state index in [1.165, 1.54) is 19.2 Å². The molecule has 2 aromatic rings. The summed E-state index contributed by atoms with van der Waals surface area (Å²) in [5, 5.41) is 2.91. The Bertz CT molecular complexity index is 1180. The number of rotatable bonds is 5. The monoisotopic (exact) mass is 470 g/mol. The number of para-hydroxylation sites is 1. The number of anilines is 1. The van der Waals surface area contributed by atoms with Gasteiger partial charge in [-0.2, -0.15) is 0 Å². The Balaban J connectivity index is 1.66. The first kappa shape index (κ1) is 23.3. The van der Waals surface area contributed by atoms with Crippen molar-refractivity contribution in [2.45, 2.75) is 56.0 Å². The Labute approximate surface area is 195 Å². The minimum absolute atomic E-state index is 0.00960. The van der Waals surface area contributed by atoms with E-state index in [0.29, 0.717) is 23.4 Å². The van der Waals surface area contributed by atoms with E-state index in [1.807, 2.05) is 13.0 Å². The summed E-state index contributed by atoms with van der Waals surface area (Å²) in [6.45, 7) is 1.81. The summed E-state index contributed by atoms with van der Waals surface area (Å²) in [7, 11) is -1.88. The summed E-state index contributed by atoms with van der Waals surface area (Å²) < 4.78 is 29.4. The highest BCUT2D eigenvalue weighted by atomic mass is 32.2. The molecule has 4 rings (SSSR count). The number of ether oxygens (including phenoxy) is 1. The fraction of sp³-hybridized carbons (Fsp3) is 0.440. The largest absolute Gasteiger partial charge is 0.496 e. The van der Waals surface area contributed by atoms with Gasteiger partial charge in [0.1, 0.15) is 11.8 Å². The molecule has 1 N–H and O–H groups in total. The van der Waals surface area contributed by atoms with E-state index in [2.05, 4.69) is 5.32 Å². The van der Waals surface area contributed by atoms with Gasteiger partial charge in [0.2, 0.25) is 5.91 Å². The normalized spacial score (nSPS) is 22.5. The van der Waals surface area contributed by atoms with E-state index in [4.69, 9.17) is 4.74 Å². The number of benzene rings is 2. The van der Waals surface area contributed by atoms with Gasteiger partial charge < -0.3 is 15.0 Å². The van der Waals surface area contributed by atoms with Crippen molar-refractivity contribution >= 4 is 27.3 Å². The number of nitrogens with one attached hydrogen (secondary N) is 1. The van der Waals surface area contributed by atoms with Crippen LogP contribution in [0.3, 0.4) is 0 Å². The molecule has 1 heterocycles. The molecule has 0 bridgehead atoms. The van der Waals surface area contributed by atoms with E-state index in [1.54, 1.807) is 29.2 Å². The maximum atomic E-state index is 13.7. The predicted octanol–water partition coefficient (Wildman–Crippen LogP) is 3.82. The molecular weight excluding hydrogens is 440 g/mol. The van der Waals surface area contributed by atoms with E-state index in [9.17, 15) is 18.0 Å². The molecule has 33 heavy (non-hydrogen) atoms. The van der Waals surface area contributed by atoms with Crippen LogP contribution in [0.15, 0.2) is 47.4 Å². The van der Waals surface area contributed by atoms with Gasteiger partial charge in [0, 0.05) is 18.0 Å². The average Bonchev–Trinajstić information content (AvgIpc) is 3.19. The van der Waals surface area contributed by atoms with E-state index in [0.717, 1.165) is 37.5 Å². The fourth-order valence-electron chi connectivity index (χ4n) is 5.13. The molecule has 0 spiro atoms. The molecule has 1 saturated carbocycles. The molecule has 0 aromatic heterocycles. The van der Waals surface area contributed by atoms with Crippen molar-refractivity contribution in [1.82, 2.24) is 4.90 Å². The third kappa shape index (κ3) is 4.62. The van der Waals surface area contributed by atoms with Gasteiger partial charge in [-0.3, -0.25) is 9.59 Å². The number of aryl methyl sites for hydroxylation is 1. The van der Waals surface area contributed by atoms with Crippen LogP contribution in [0.5, 0.6) is 5.75 Å². The van der Waals surface area contributed by atoms with E-state index >= 15 is 0 Å². The zero-order valence-corrected chi connectivity index (χ0v) is 20.0. The van der Waals surface area contributed by atoms with Gasteiger partial charge in [-0.1, -0.05) is 31.0 Å². The van der Waals surface area contributed by atoms with Crippen molar-refractivity contribution in [2.24, 2.45) is 5.92 Å². The van der Waals surface area contributed by atoms with Crippen LogP contribution in [-0.2, 0) is 14.6 Å². The quantitative estimate of drug-likeness (QED) is 0.717. The molecule has 176 valence electrons. The number of fused-ring (bicyclic) bond motifs is 1. The second kappa shape index (κ2) is 9.17. The number of carbonyl (C=O) groups is 2. The Morgan fingerprint density at radius 1 is 1.09 bits per heavy atom. The van der Waals surface area contributed by atoms with Crippen molar-refractivity contribution in [3.05, 3.63) is 53.6 Å². The zero-order chi connectivity index (χ0) is 23.8. The molecule has 1 aliphatic carbocycles. The van der Waals surface area contributed by atoms with Crippen molar-refractivity contribution < 1.29 is 22.7 Å². The minimum atomic E-state index is -3.41. The summed E-state index contributed by atoms with van der Waals surface area (Å²) in [5.41, 5.74) is 1.65. The number of amides is 2. The minimum Gasteiger partial charge on any atom is -0.496 e. The van der Waals surface area contributed by atoms with Gasteiger partial charge in [-0.25, -0.2) is 8.42 Å². The summed E-state index contributed by atoms with van der Waals surface area (Å²) in [6, 6.07) is 11.1. The van der Waals surface area contributed by atoms with Crippen molar-refractivity contribution in [3.8, 4) is 5.75 Å². The summed E-state index contributed by atoms with van der Waals surface area (Å²) in [4.78, 5) is 29.1. The van der Waals surface area contributed by atoms with Crippen LogP contribution in [0.2, 0.25) is 0 Å². The average molecular weight is 471 g/mol. The lowest BCUT2D eigenvalue weighted by Crippen LogP contribution is -2.48. The standard InChI is InChI=1S/C25H30N2O5S/c1-16-12-13-18(33(3,30)31)15-20(16)26-24(28)22-14-17-8-4-6-10-21(17)27(22)25(29)19-9-5-7-11-23(19)32-2/h5,7,9,11-13,15,17,21-22H,4,6,8,10,14H2,1-3H3,(H,26,28). The molecule has 8 heteroatoms. The second-order valence-electron chi connectivity index (χ2n) is 9.01. The molecule has 1 saturated heterocycles. The maximum absolute atomic E-state index is 13.7. The Morgan fingerprint density at radius 2 is 1.82 bits per heavy atom. The van der Waals surface area contributed by atoms with Gasteiger partial charge in [0.15, 0.2) is 9.84 Å². The van der Waals surface area contributed by atoms with Crippen LogP contribution < -0.4 is 10.1 Å². The number of hydrogen-bond donors (Lipinski definition) is 1. The summed E-state index contributed by atoms with van der Waals surface area (Å²) >= 11 is 0. The number of likely N-dealkylation sites (tertiary alicyclic amines) is 1. The number of hydrogen-bond acceptors (Lipinski definition) is 5. The lowest BCUT2D eigenvalue weighted by molar-refractivity contribution is -0.120.